The minimum atomic E-state index is 0.348. The molecule has 0 radical (unpaired) electrons. The van der Waals surface area contributed by atoms with Crippen LogP contribution in [-0.2, 0) is 0 Å². The molecular formula is C9H10N4. The molecule has 0 aromatic carbocycles. The second-order valence-corrected chi connectivity index (χ2v) is 3.23. The normalized spacial score (nSPS) is 10.9. The Labute approximate surface area is 76.0 Å². The maximum absolute atomic E-state index is 8.82. The van der Waals surface area contributed by atoms with Crippen LogP contribution in [0.4, 0.5) is 0 Å². The van der Waals surface area contributed by atoms with Gasteiger partial charge in [-0.15, -0.1) is 0 Å². The van der Waals surface area contributed by atoms with Crippen molar-refractivity contribution in [2.45, 2.75) is 19.9 Å². The fourth-order valence-corrected chi connectivity index (χ4v) is 1.42. The Hall–Kier alpha value is -1.76. The maximum atomic E-state index is 8.82. The van der Waals surface area contributed by atoms with E-state index >= 15 is 0 Å². The van der Waals surface area contributed by atoms with Crippen LogP contribution >= 0.6 is 0 Å². The number of hydrogen-bond donors (Lipinski definition) is 0. The predicted octanol–water partition coefficient (Wildman–Crippen LogP) is 1.59. The zero-order chi connectivity index (χ0) is 9.42. The lowest BCUT2D eigenvalue weighted by Gasteiger charge is -2.05. The van der Waals surface area contributed by atoms with Crippen molar-refractivity contribution in [3.05, 3.63) is 24.2 Å². The van der Waals surface area contributed by atoms with Gasteiger partial charge < -0.3 is 4.57 Å². The summed E-state index contributed by atoms with van der Waals surface area (Å²) in [5.74, 6) is 0. The Morgan fingerprint density at radius 2 is 2.31 bits per heavy atom. The van der Waals surface area contributed by atoms with Gasteiger partial charge in [0.05, 0.1) is 6.20 Å². The van der Waals surface area contributed by atoms with Gasteiger partial charge in [-0.2, -0.15) is 10.4 Å². The molecule has 4 nitrogen and oxygen atoms in total. The largest absolute Gasteiger partial charge is 0.327 e. The van der Waals surface area contributed by atoms with E-state index in [9.17, 15) is 0 Å². The van der Waals surface area contributed by atoms with Gasteiger partial charge in [0.25, 0.3) is 0 Å². The Bertz CT molecular complexity index is 469. The van der Waals surface area contributed by atoms with Crippen molar-refractivity contribution in [2.24, 2.45) is 0 Å². The summed E-state index contributed by atoms with van der Waals surface area (Å²) in [5, 5.41) is 12.9. The number of hydrogen-bond acceptors (Lipinski definition) is 2. The third kappa shape index (κ3) is 1.01. The van der Waals surface area contributed by atoms with Gasteiger partial charge in [-0.1, -0.05) is 0 Å². The number of fused-ring (bicyclic) bond motifs is 1. The molecule has 4 heteroatoms. The molecule has 66 valence electrons. The van der Waals surface area contributed by atoms with Gasteiger partial charge >= 0.3 is 0 Å². The molecule has 0 unspecified atom stereocenters. The van der Waals surface area contributed by atoms with Crippen LogP contribution in [0.25, 0.3) is 5.65 Å². The number of nitriles is 1. The minimum absolute atomic E-state index is 0.348. The molecule has 0 fully saturated rings. The molecule has 2 heterocycles. The lowest BCUT2D eigenvalue weighted by Crippen LogP contribution is -1.97. The second kappa shape index (κ2) is 2.63. The average Bonchev–Trinajstić information content (AvgIpc) is 2.61. The van der Waals surface area contributed by atoms with Crippen molar-refractivity contribution in [3.63, 3.8) is 0 Å². The standard InChI is InChI=1S/C9H10N4/c1-7(2)12-6-8(5-10)13-9(12)3-4-11-13/h3-4,6-7H,1-2H3. The van der Waals surface area contributed by atoms with Crippen molar-refractivity contribution >= 4 is 5.65 Å². The molecule has 0 aliphatic rings. The molecule has 0 N–H and O–H groups in total. The lowest BCUT2D eigenvalue weighted by atomic mass is 10.4. The van der Waals surface area contributed by atoms with Crippen molar-refractivity contribution in [1.29, 1.82) is 5.26 Å². The Kier molecular flexibility index (Phi) is 1.59. The quantitative estimate of drug-likeness (QED) is 0.659. The summed E-state index contributed by atoms with van der Waals surface area (Å²) >= 11 is 0. The van der Waals surface area contributed by atoms with E-state index in [0.717, 1.165) is 5.65 Å². The van der Waals surface area contributed by atoms with Crippen LogP contribution in [0.1, 0.15) is 25.6 Å². The first-order valence-corrected chi connectivity index (χ1v) is 4.18. The summed E-state index contributed by atoms with van der Waals surface area (Å²) in [7, 11) is 0. The molecule has 0 spiro atoms. The molecule has 0 aliphatic heterocycles. The van der Waals surface area contributed by atoms with E-state index in [1.807, 2.05) is 16.8 Å². The molecule has 0 saturated heterocycles. The van der Waals surface area contributed by atoms with E-state index in [2.05, 4.69) is 25.0 Å². The van der Waals surface area contributed by atoms with Gasteiger partial charge in [0.15, 0.2) is 5.69 Å². The molecule has 0 saturated carbocycles. The van der Waals surface area contributed by atoms with Crippen molar-refractivity contribution in [3.8, 4) is 6.07 Å². The fraction of sp³-hybridized carbons (Fsp3) is 0.333. The first-order valence-electron chi connectivity index (χ1n) is 4.18. The van der Waals surface area contributed by atoms with Crippen molar-refractivity contribution < 1.29 is 0 Å². The maximum Gasteiger partial charge on any atom is 0.160 e. The lowest BCUT2D eigenvalue weighted by molar-refractivity contribution is 0.619. The Balaban J connectivity index is 2.78. The molecule has 2 aromatic heterocycles. The number of rotatable bonds is 1. The van der Waals surface area contributed by atoms with Gasteiger partial charge in [-0.05, 0) is 13.8 Å². The highest BCUT2D eigenvalue weighted by Gasteiger charge is 2.09. The fourth-order valence-electron chi connectivity index (χ4n) is 1.42. The third-order valence-corrected chi connectivity index (χ3v) is 2.05. The topological polar surface area (TPSA) is 46.0 Å². The molecule has 13 heavy (non-hydrogen) atoms. The van der Waals surface area contributed by atoms with E-state index in [1.165, 1.54) is 0 Å². The summed E-state index contributed by atoms with van der Waals surface area (Å²) in [5.41, 5.74) is 1.54. The van der Waals surface area contributed by atoms with Crippen LogP contribution in [0.15, 0.2) is 18.5 Å². The third-order valence-electron chi connectivity index (χ3n) is 2.05. The zero-order valence-corrected chi connectivity index (χ0v) is 7.60. The highest BCUT2D eigenvalue weighted by atomic mass is 15.3. The van der Waals surface area contributed by atoms with E-state index in [0.29, 0.717) is 11.7 Å². The minimum Gasteiger partial charge on any atom is -0.327 e. The van der Waals surface area contributed by atoms with Crippen molar-refractivity contribution in [1.82, 2.24) is 14.2 Å². The first-order chi connectivity index (χ1) is 6.24. The van der Waals surface area contributed by atoms with Gasteiger partial charge in [-0.25, -0.2) is 4.52 Å². The SMILES string of the molecule is CC(C)n1cc(C#N)n2nccc12. The van der Waals surface area contributed by atoms with E-state index in [-0.39, 0.29) is 0 Å². The molecule has 0 amide bonds. The number of aromatic nitrogens is 3. The molecule has 0 aliphatic carbocycles. The number of nitrogens with zero attached hydrogens (tertiary/aromatic N) is 4. The van der Waals surface area contributed by atoms with Crippen LogP contribution in [0.2, 0.25) is 0 Å². The summed E-state index contributed by atoms with van der Waals surface area (Å²) in [6, 6.07) is 4.36. The molecule has 2 aromatic rings. The van der Waals surface area contributed by atoms with Gasteiger partial charge in [0.2, 0.25) is 0 Å². The van der Waals surface area contributed by atoms with Crippen LogP contribution in [0.3, 0.4) is 0 Å². The monoisotopic (exact) mass is 174 g/mol. The van der Waals surface area contributed by atoms with Crippen LogP contribution < -0.4 is 0 Å². The van der Waals surface area contributed by atoms with Crippen molar-refractivity contribution in [2.75, 3.05) is 0 Å². The first kappa shape index (κ1) is 7.87. The van der Waals surface area contributed by atoms with Crippen LogP contribution in [-0.4, -0.2) is 14.2 Å². The van der Waals surface area contributed by atoms with Gasteiger partial charge in [0, 0.05) is 18.3 Å². The molecule has 2 rings (SSSR count). The Morgan fingerprint density at radius 3 is 2.92 bits per heavy atom. The summed E-state index contributed by atoms with van der Waals surface area (Å²) in [4.78, 5) is 0. The summed E-state index contributed by atoms with van der Waals surface area (Å²) < 4.78 is 3.69. The highest BCUT2D eigenvalue weighted by Crippen LogP contribution is 2.14. The average molecular weight is 174 g/mol. The predicted molar refractivity (Wildman–Crippen MR) is 48.3 cm³/mol. The molecule has 0 bridgehead atoms. The summed E-state index contributed by atoms with van der Waals surface area (Å²) in [6.45, 7) is 4.16. The molecule has 0 atom stereocenters. The van der Waals surface area contributed by atoms with E-state index < -0.39 is 0 Å². The second-order valence-electron chi connectivity index (χ2n) is 3.23. The zero-order valence-electron chi connectivity index (χ0n) is 7.60. The van der Waals surface area contributed by atoms with Crippen LogP contribution in [0, 0.1) is 11.3 Å². The summed E-state index contributed by atoms with van der Waals surface area (Å²) in [6.07, 6.45) is 3.53. The highest BCUT2D eigenvalue weighted by molar-refractivity contribution is 5.44. The Morgan fingerprint density at radius 1 is 1.54 bits per heavy atom. The van der Waals surface area contributed by atoms with Crippen LogP contribution in [0.5, 0.6) is 0 Å². The number of imidazole rings is 1. The van der Waals surface area contributed by atoms with Gasteiger partial charge in [0.1, 0.15) is 11.7 Å². The van der Waals surface area contributed by atoms with Gasteiger partial charge in [-0.3, -0.25) is 0 Å². The smallest absolute Gasteiger partial charge is 0.160 e. The molecular weight excluding hydrogens is 164 g/mol. The van der Waals surface area contributed by atoms with E-state index in [1.54, 1.807) is 10.7 Å². The van der Waals surface area contributed by atoms with E-state index in [4.69, 9.17) is 5.26 Å².